The fraction of sp³-hybridized carbons (Fsp3) is 0.625. The van der Waals surface area contributed by atoms with E-state index in [1.165, 1.54) is 25.3 Å². The van der Waals surface area contributed by atoms with Gasteiger partial charge in [-0.05, 0) is 36.9 Å². The van der Waals surface area contributed by atoms with Crippen molar-refractivity contribution in [2.45, 2.75) is 38.7 Å². The lowest BCUT2D eigenvalue weighted by atomic mass is 9.84. The first-order valence-electron chi connectivity index (χ1n) is 7.47. The van der Waals surface area contributed by atoms with Crippen LogP contribution in [0.2, 0.25) is 0 Å². The summed E-state index contributed by atoms with van der Waals surface area (Å²) in [5, 5.41) is 0. The molecule has 112 valence electrons. The van der Waals surface area contributed by atoms with E-state index in [1.54, 1.807) is 12.1 Å². The molecule has 0 spiro atoms. The second kappa shape index (κ2) is 7.14. The second-order valence-electron chi connectivity index (χ2n) is 5.61. The Hall–Kier alpha value is -1.00. The lowest BCUT2D eigenvalue weighted by molar-refractivity contribution is 0.139. The van der Waals surface area contributed by atoms with Gasteiger partial charge in [0.2, 0.25) is 0 Å². The minimum absolute atomic E-state index is 0.0410. The van der Waals surface area contributed by atoms with Crippen LogP contribution < -0.4 is 5.73 Å². The van der Waals surface area contributed by atoms with Crippen LogP contribution >= 0.6 is 0 Å². The van der Waals surface area contributed by atoms with Gasteiger partial charge in [0.25, 0.3) is 6.43 Å². The van der Waals surface area contributed by atoms with Crippen LogP contribution in [0.5, 0.6) is 0 Å². The Morgan fingerprint density at radius 2 is 2.00 bits per heavy atom. The number of benzene rings is 1. The summed E-state index contributed by atoms with van der Waals surface area (Å²) in [7, 11) is 0. The zero-order valence-corrected chi connectivity index (χ0v) is 12.1. The van der Waals surface area contributed by atoms with Gasteiger partial charge in [0.15, 0.2) is 0 Å². The maximum Gasteiger partial charge on any atom is 0.263 e. The monoisotopic (exact) mass is 282 g/mol. The zero-order valence-electron chi connectivity index (χ0n) is 12.1. The number of nitrogens with two attached hydrogens (primary N) is 1. The molecule has 4 heteroatoms. The molecule has 0 heterocycles. The Morgan fingerprint density at radius 3 is 2.50 bits per heavy atom. The largest absolute Gasteiger partial charge is 0.329 e. The zero-order chi connectivity index (χ0) is 14.5. The average molecular weight is 282 g/mol. The third-order valence-electron chi connectivity index (χ3n) is 4.34. The molecule has 0 saturated heterocycles. The molecule has 1 aliphatic rings. The Morgan fingerprint density at radius 1 is 1.30 bits per heavy atom. The van der Waals surface area contributed by atoms with Gasteiger partial charge < -0.3 is 5.73 Å². The van der Waals surface area contributed by atoms with Gasteiger partial charge in [-0.2, -0.15) is 0 Å². The van der Waals surface area contributed by atoms with E-state index in [4.69, 9.17) is 5.73 Å². The van der Waals surface area contributed by atoms with Crippen LogP contribution in [-0.2, 0) is 0 Å². The molecule has 2 N–H and O–H groups in total. The van der Waals surface area contributed by atoms with E-state index in [-0.39, 0.29) is 11.6 Å². The molecule has 1 unspecified atom stereocenters. The summed E-state index contributed by atoms with van der Waals surface area (Å²) >= 11 is 0. The van der Waals surface area contributed by atoms with Crippen molar-refractivity contribution in [3.63, 3.8) is 0 Å². The molecule has 1 atom stereocenters. The van der Waals surface area contributed by atoms with E-state index < -0.39 is 6.43 Å². The Balaban J connectivity index is 2.13. The first kappa shape index (κ1) is 15.4. The first-order valence-corrected chi connectivity index (χ1v) is 7.47. The summed E-state index contributed by atoms with van der Waals surface area (Å²) in [6.07, 6.45) is 1.46. The van der Waals surface area contributed by atoms with Crippen LogP contribution in [0, 0.1) is 5.92 Å². The second-order valence-corrected chi connectivity index (χ2v) is 5.61. The smallest absolute Gasteiger partial charge is 0.263 e. The fourth-order valence-corrected chi connectivity index (χ4v) is 2.88. The molecule has 20 heavy (non-hydrogen) atoms. The fourth-order valence-electron chi connectivity index (χ4n) is 2.88. The lowest BCUT2D eigenvalue weighted by Crippen LogP contribution is -2.38. The normalized spacial score (nSPS) is 17.5. The predicted octanol–water partition coefficient (Wildman–Crippen LogP) is 3.75. The summed E-state index contributed by atoms with van der Waals surface area (Å²) in [5.41, 5.74) is 6.91. The standard InChI is InChI=1S/C16H24F2N2/c1-2-20(11-12-5-3-6-12)15(10-19)13-7-4-8-14(9-13)16(17)18/h4,7-9,12,15-16H,2-3,5-6,10-11,19H2,1H3. The Kier molecular flexibility index (Phi) is 5.49. The number of alkyl halides is 2. The van der Waals surface area contributed by atoms with Crippen molar-refractivity contribution in [2.24, 2.45) is 11.7 Å². The third kappa shape index (κ3) is 3.55. The van der Waals surface area contributed by atoms with Crippen LogP contribution in [0.3, 0.4) is 0 Å². The third-order valence-corrected chi connectivity index (χ3v) is 4.34. The molecule has 1 fully saturated rings. The average Bonchev–Trinajstić information content (AvgIpc) is 2.41. The topological polar surface area (TPSA) is 29.3 Å². The number of hydrogen-bond acceptors (Lipinski definition) is 2. The van der Waals surface area contributed by atoms with Crippen molar-refractivity contribution in [1.29, 1.82) is 0 Å². The van der Waals surface area contributed by atoms with Gasteiger partial charge in [0.1, 0.15) is 0 Å². The minimum atomic E-state index is -2.42. The quantitative estimate of drug-likeness (QED) is 0.825. The highest BCUT2D eigenvalue weighted by atomic mass is 19.3. The summed E-state index contributed by atoms with van der Waals surface area (Å²) in [6.45, 7) is 4.50. The molecular formula is C16H24F2N2. The van der Waals surface area contributed by atoms with Crippen molar-refractivity contribution in [2.75, 3.05) is 19.6 Å². The summed E-state index contributed by atoms with van der Waals surface area (Å²) in [6, 6.07) is 6.73. The van der Waals surface area contributed by atoms with E-state index in [2.05, 4.69) is 11.8 Å². The van der Waals surface area contributed by atoms with Crippen LogP contribution in [0.1, 0.15) is 49.8 Å². The van der Waals surface area contributed by atoms with Crippen LogP contribution in [0.15, 0.2) is 24.3 Å². The molecule has 0 bridgehead atoms. The number of rotatable bonds is 7. The maximum absolute atomic E-state index is 12.8. The van der Waals surface area contributed by atoms with E-state index in [0.29, 0.717) is 6.54 Å². The number of nitrogens with zero attached hydrogens (tertiary/aromatic N) is 1. The minimum Gasteiger partial charge on any atom is -0.329 e. The van der Waals surface area contributed by atoms with Gasteiger partial charge in [-0.3, -0.25) is 4.90 Å². The molecule has 1 aliphatic carbocycles. The van der Waals surface area contributed by atoms with Gasteiger partial charge in [0.05, 0.1) is 0 Å². The first-order chi connectivity index (χ1) is 9.65. The van der Waals surface area contributed by atoms with Crippen LogP contribution in [0.4, 0.5) is 8.78 Å². The summed E-state index contributed by atoms with van der Waals surface area (Å²) in [5.74, 6) is 0.752. The van der Waals surface area contributed by atoms with Gasteiger partial charge in [-0.1, -0.05) is 31.5 Å². The molecule has 0 aliphatic heterocycles. The highest BCUT2D eigenvalue weighted by Gasteiger charge is 2.25. The predicted molar refractivity (Wildman–Crippen MR) is 77.8 cm³/mol. The summed E-state index contributed by atoms with van der Waals surface area (Å²) in [4.78, 5) is 2.33. The molecule has 0 aromatic heterocycles. The van der Waals surface area contributed by atoms with Crippen LogP contribution in [0.25, 0.3) is 0 Å². The molecule has 2 rings (SSSR count). The van der Waals surface area contributed by atoms with Gasteiger partial charge in [-0.25, -0.2) is 8.78 Å². The van der Waals surface area contributed by atoms with Crippen molar-refractivity contribution in [1.82, 2.24) is 4.90 Å². The van der Waals surface area contributed by atoms with Gasteiger partial charge in [-0.15, -0.1) is 0 Å². The molecule has 0 amide bonds. The molecule has 1 aromatic rings. The SMILES string of the molecule is CCN(CC1CCC1)C(CN)c1cccc(C(F)F)c1. The molecule has 1 saturated carbocycles. The molecule has 0 radical (unpaired) electrons. The maximum atomic E-state index is 12.8. The summed E-state index contributed by atoms with van der Waals surface area (Å²) < 4.78 is 25.7. The number of hydrogen-bond donors (Lipinski definition) is 1. The van der Waals surface area contributed by atoms with Crippen LogP contribution in [-0.4, -0.2) is 24.5 Å². The van der Waals surface area contributed by atoms with Gasteiger partial charge in [0, 0.05) is 24.7 Å². The number of halogens is 2. The van der Waals surface area contributed by atoms with Gasteiger partial charge >= 0.3 is 0 Å². The van der Waals surface area contributed by atoms with E-state index in [0.717, 1.165) is 24.6 Å². The highest BCUT2D eigenvalue weighted by molar-refractivity contribution is 5.27. The Bertz CT molecular complexity index is 419. The Labute approximate surface area is 120 Å². The molecule has 1 aromatic carbocycles. The van der Waals surface area contributed by atoms with Crippen molar-refractivity contribution < 1.29 is 8.78 Å². The van der Waals surface area contributed by atoms with E-state index in [1.807, 2.05) is 6.07 Å². The van der Waals surface area contributed by atoms with Crippen molar-refractivity contribution in [3.8, 4) is 0 Å². The van der Waals surface area contributed by atoms with Crippen molar-refractivity contribution >= 4 is 0 Å². The highest BCUT2D eigenvalue weighted by Crippen LogP contribution is 2.31. The molecule has 2 nitrogen and oxygen atoms in total. The lowest BCUT2D eigenvalue weighted by Gasteiger charge is -2.36. The van der Waals surface area contributed by atoms with E-state index in [9.17, 15) is 8.78 Å². The molecular weight excluding hydrogens is 258 g/mol. The van der Waals surface area contributed by atoms with E-state index >= 15 is 0 Å². The van der Waals surface area contributed by atoms with Crippen molar-refractivity contribution in [3.05, 3.63) is 35.4 Å². The number of likely N-dealkylation sites (N-methyl/N-ethyl adjacent to an activating group) is 1.